The molecule has 27 heavy (non-hydrogen) atoms. The molecule has 0 aliphatic carbocycles. The van der Waals surface area contributed by atoms with E-state index in [0.29, 0.717) is 0 Å². The number of para-hydroxylation sites is 1. The number of hydrogen-bond donors (Lipinski definition) is 2. The van der Waals surface area contributed by atoms with Crippen LogP contribution in [0.1, 0.15) is 35.8 Å². The molecule has 0 fully saturated rings. The number of rotatable bonds is 7. The SMILES string of the molecule is CC(OC(=O)c1ccccc1NS(C)(=O)=O)C(=O)NC(C)c1ccccc1. The average Bonchev–Trinajstić information content (AvgIpc) is 2.61. The topological polar surface area (TPSA) is 102 Å². The summed E-state index contributed by atoms with van der Waals surface area (Å²) in [6.07, 6.45) is -0.0640. The van der Waals surface area contributed by atoms with E-state index in [-0.39, 0.29) is 17.3 Å². The molecule has 0 aliphatic rings. The van der Waals surface area contributed by atoms with Gasteiger partial charge in [-0.05, 0) is 31.5 Å². The number of anilines is 1. The Bertz CT molecular complexity index is 913. The van der Waals surface area contributed by atoms with E-state index < -0.39 is 28.0 Å². The van der Waals surface area contributed by atoms with Gasteiger partial charge in [-0.25, -0.2) is 13.2 Å². The van der Waals surface area contributed by atoms with Crippen molar-refractivity contribution in [3.63, 3.8) is 0 Å². The van der Waals surface area contributed by atoms with Crippen molar-refractivity contribution < 1.29 is 22.7 Å². The molecule has 2 aromatic carbocycles. The summed E-state index contributed by atoms with van der Waals surface area (Å²) in [5.74, 6) is -1.25. The van der Waals surface area contributed by atoms with Crippen LogP contribution in [-0.2, 0) is 19.6 Å². The molecule has 0 aromatic heterocycles. The Morgan fingerprint density at radius 1 is 0.963 bits per heavy atom. The fourth-order valence-electron chi connectivity index (χ4n) is 2.38. The molecule has 0 heterocycles. The van der Waals surface area contributed by atoms with Gasteiger partial charge in [0.05, 0.1) is 23.5 Å². The molecule has 2 atom stereocenters. The first-order chi connectivity index (χ1) is 12.7. The second-order valence-electron chi connectivity index (χ2n) is 6.11. The van der Waals surface area contributed by atoms with Crippen LogP contribution in [0.15, 0.2) is 54.6 Å². The highest BCUT2D eigenvalue weighted by Gasteiger charge is 2.22. The van der Waals surface area contributed by atoms with E-state index in [1.54, 1.807) is 12.1 Å². The third kappa shape index (κ3) is 6.10. The summed E-state index contributed by atoms with van der Waals surface area (Å²) in [6, 6.07) is 15.2. The van der Waals surface area contributed by atoms with Crippen LogP contribution < -0.4 is 10.0 Å². The Hall–Kier alpha value is -2.87. The maximum Gasteiger partial charge on any atom is 0.341 e. The molecular weight excluding hydrogens is 368 g/mol. The lowest BCUT2D eigenvalue weighted by molar-refractivity contribution is -0.129. The first-order valence-electron chi connectivity index (χ1n) is 8.30. The van der Waals surface area contributed by atoms with Gasteiger partial charge in [-0.15, -0.1) is 0 Å². The highest BCUT2D eigenvalue weighted by atomic mass is 32.2. The zero-order valence-corrected chi connectivity index (χ0v) is 16.1. The number of ether oxygens (including phenoxy) is 1. The minimum atomic E-state index is -3.56. The molecule has 8 heteroatoms. The number of esters is 1. The van der Waals surface area contributed by atoms with E-state index >= 15 is 0 Å². The molecule has 0 radical (unpaired) electrons. The van der Waals surface area contributed by atoms with Crippen LogP contribution in [0.4, 0.5) is 5.69 Å². The average molecular weight is 390 g/mol. The number of sulfonamides is 1. The Kier molecular flexibility index (Phi) is 6.57. The number of nitrogens with one attached hydrogen (secondary N) is 2. The van der Waals surface area contributed by atoms with E-state index in [4.69, 9.17) is 4.74 Å². The number of amides is 1. The first-order valence-corrected chi connectivity index (χ1v) is 10.2. The van der Waals surface area contributed by atoms with E-state index in [1.165, 1.54) is 19.1 Å². The third-order valence-electron chi connectivity index (χ3n) is 3.75. The van der Waals surface area contributed by atoms with E-state index in [0.717, 1.165) is 11.8 Å². The van der Waals surface area contributed by atoms with Crippen LogP contribution in [0.5, 0.6) is 0 Å². The van der Waals surface area contributed by atoms with Gasteiger partial charge in [-0.3, -0.25) is 9.52 Å². The van der Waals surface area contributed by atoms with Crippen LogP contribution in [0.3, 0.4) is 0 Å². The van der Waals surface area contributed by atoms with Crippen molar-refractivity contribution in [1.29, 1.82) is 0 Å². The molecule has 2 N–H and O–H groups in total. The van der Waals surface area contributed by atoms with Gasteiger partial charge < -0.3 is 10.1 Å². The minimum absolute atomic E-state index is 0.0266. The summed E-state index contributed by atoms with van der Waals surface area (Å²) >= 11 is 0. The van der Waals surface area contributed by atoms with Crippen LogP contribution in [0.2, 0.25) is 0 Å². The maximum atomic E-state index is 12.4. The molecule has 0 saturated carbocycles. The Morgan fingerprint density at radius 3 is 2.19 bits per heavy atom. The number of benzene rings is 2. The zero-order valence-electron chi connectivity index (χ0n) is 15.3. The summed E-state index contributed by atoms with van der Waals surface area (Å²) in [4.78, 5) is 24.7. The molecule has 2 rings (SSSR count). The maximum absolute atomic E-state index is 12.4. The highest BCUT2D eigenvalue weighted by Crippen LogP contribution is 2.18. The van der Waals surface area contributed by atoms with Crippen molar-refractivity contribution in [3.8, 4) is 0 Å². The second-order valence-corrected chi connectivity index (χ2v) is 7.86. The molecular formula is C19H22N2O5S. The number of carbonyl (C=O) groups is 2. The molecule has 7 nitrogen and oxygen atoms in total. The second kappa shape index (κ2) is 8.68. The smallest absolute Gasteiger partial charge is 0.341 e. The lowest BCUT2D eigenvalue weighted by Crippen LogP contribution is -2.37. The largest absolute Gasteiger partial charge is 0.449 e. The molecule has 0 aliphatic heterocycles. The predicted molar refractivity (Wildman–Crippen MR) is 103 cm³/mol. The number of hydrogen-bond acceptors (Lipinski definition) is 5. The fourth-order valence-corrected chi connectivity index (χ4v) is 2.96. The summed E-state index contributed by atoms with van der Waals surface area (Å²) in [6.45, 7) is 3.28. The van der Waals surface area contributed by atoms with Gasteiger partial charge >= 0.3 is 5.97 Å². The molecule has 2 unspecified atom stereocenters. The number of carbonyl (C=O) groups excluding carboxylic acids is 2. The summed E-state index contributed by atoms with van der Waals surface area (Å²) in [5, 5.41) is 2.78. The van der Waals surface area contributed by atoms with Crippen molar-refractivity contribution in [3.05, 3.63) is 65.7 Å². The lowest BCUT2D eigenvalue weighted by Gasteiger charge is -2.19. The van der Waals surface area contributed by atoms with Crippen molar-refractivity contribution in [1.82, 2.24) is 5.32 Å². The summed E-state index contributed by atoms with van der Waals surface area (Å²) in [5.41, 5.74) is 1.04. The quantitative estimate of drug-likeness (QED) is 0.707. The molecule has 2 aromatic rings. The van der Waals surface area contributed by atoms with Gasteiger partial charge in [-0.1, -0.05) is 42.5 Å². The first kappa shape index (κ1) is 20.4. The molecule has 144 valence electrons. The standard InChI is InChI=1S/C19H22N2O5S/c1-13(15-9-5-4-6-10-15)20-18(22)14(2)26-19(23)16-11-7-8-12-17(16)21-27(3,24)25/h4-14,21H,1-3H3,(H,20,22). The Morgan fingerprint density at radius 2 is 1.56 bits per heavy atom. The Balaban J connectivity index is 2.04. The van der Waals surface area contributed by atoms with Crippen LogP contribution in [0.25, 0.3) is 0 Å². The van der Waals surface area contributed by atoms with Crippen LogP contribution in [0, 0.1) is 0 Å². The highest BCUT2D eigenvalue weighted by molar-refractivity contribution is 7.92. The van der Waals surface area contributed by atoms with E-state index in [1.807, 2.05) is 37.3 Å². The van der Waals surface area contributed by atoms with Gasteiger partial charge in [0.15, 0.2) is 6.10 Å². The molecule has 1 amide bonds. The van der Waals surface area contributed by atoms with Gasteiger partial charge in [-0.2, -0.15) is 0 Å². The molecule has 0 saturated heterocycles. The van der Waals surface area contributed by atoms with E-state index in [9.17, 15) is 18.0 Å². The lowest BCUT2D eigenvalue weighted by atomic mass is 10.1. The van der Waals surface area contributed by atoms with Gasteiger partial charge in [0.2, 0.25) is 10.0 Å². The Labute approximate surface area is 158 Å². The molecule has 0 spiro atoms. The molecule has 0 bridgehead atoms. The van der Waals surface area contributed by atoms with Crippen molar-refractivity contribution in [2.75, 3.05) is 11.0 Å². The zero-order chi connectivity index (χ0) is 20.0. The van der Waals surface area contributed by atoms with E-state index in [2.05, 4.69) is 10.0 Å². The summed E-state index contributed by atoms with van der Waals surface area (Å²) < 4.78 is 30.3. The van der Waals surface area contributed by atoms with Gasteiger partial charge in [0, 0.05) is 0 Å². The van der Waals surface area contributed by atoms with Gasteiger partial charge in [0.25, 0.3) is 5.91 Å². The van der Waals surface area contributed by atoms with Crippen molar-refractivity contribution in [2.45, 2.75) is 26.0 Å². The fraction of sp³-hybridized carbons (Fsp3) is 0.263. The van der Waals surface area contributed by atoms with Crippen LogP contribution in [-0.4, -0.2) is 32.7 Å². The summed E-state index contributed by atoms with van der Waals surface area (Å²) in [7, 11) is -3.56. The third-order valence-corrected chi connectivity index (χ3v) is 4.34. The van der Waals surface area contributed by atoms with Crippen molar-refractivity contribution >= 4 is 27.6 Å². The monoisotopic (exact) mass is 390 g/mol. The minimum Gasteiger partial charge on any atom is -0.449 e. The van der Waals surface area contributed by atoms with Crippen LogP contribution >= 0.6 is 0 Å². The van der Waals surface area contributed by atoms with Gasteiger partial charge in [0.1, 0.15) is 0 Å². The predicted octanol–water partition coefficient (Wildman–Crippen LogP) is 2.48. The normalized spacial score (nSPS) is 13.3. The van der Waals surface area contributed by atoms with Crippen molar-refractivity contribution in [2.24, 2.45) is 0 Å².